The number of pyridine rings is 1. The zero-order valence-corrected chi connectivity index (χ0v) is 12.8. The number of nitrogens with two attached hydrogens (primary N) is 1. The van der Waals surface area contributed by atoms with Crippen molar-refractivity contribution in [1.82, 2.24) is 10.3 Å². The second kappa shape index (κ2) is 8.24. The van der Waals surface area contributed by atoms with Crippen molar-refractivity contribution in [3.8, 4) is 5.88 Å². The first-order valence-corrected chi connectivity index (χ1v) is 7.37. The Morgan fingerprint density at radius 3 is 2.82 bits per heavy atom. The fourth-order valence-electron chi connectivity index (χ4n) is 1.89. The van der Waals surface area contributed by atoms with Gasteiger partial charge in [0.2, 0.25) is 11.8 Å². The van der Waals surface area contributed by atoms with E-state index in [-0.39, 0.29) is 5.91 Å². The van der Waals surface area contributed by atoms with Gasteiger partial charge in [-0.3, -0.25) is 4.79 Å². The van der Waals surface area contributed by atoms with Crippen LogP contribution in [0.3, 0.4) is 0 Å². The second-order valence-electron chi connectivity index (χ2n) is 4.71. The maximum absolute atomic E-state index is 11.7. The van der Waals surface area contributed by atoms with Crippen molar-refractivity contribution in [2.45, 2.75) is 12.8 Å². The smallest absolute Gasteiger partial charge is 0.220 e. The van der Waals surface area contributed by atoms with E-state index in [9.17, 15) is 4.79 Å². The highest BCUT2D eigenvalue weighted by atomic mass is 35.5. The molecule has 2 rings (SSSR count). The number of benzene rings is 1. The molecule has 1 amide bonds. The van der Waals surface area contributed by atoms with Gasteiger partial charge in [0.1, 0.15) is 6.61 Å². The van der Waals surface area contributed by atoms with E-state index in [0.29, 0.717) is 42.6 Å². The van der Waals surface area contributed by atoms with Gasteiger partial charge in [0.15, 0.2) is 0 Å². The molecule has 0 aliphatic rings. The van der Waals surface area contributed by atoms with Crippen LogP contribution in [0.5, 0.6) is 5.88 Å². The second-order valence-corrected chi connectivity index (χ2v) is 5.15. The highest BCUT2D eigenvalue weighted by molar-refractivity contribution is 6.30. The summed E-state index contributed by atoms with van der Waals surface area (Å²) in [5, 5.41) is 3.35. The summed E-state index contributed by atoms with van der Waals surface area (Å²) in [4.78, 5) is 15.7. The minimum Gasteiger partial charge on any atom is -0.476 e. The van der Waals surface area contributed by atoms with Gasteiger partial charge in [-0.2, -0.15) is 0 Å². The van der Waals surface area contributed by atoms with Crippen molar-refractivity contribution in [3.63, 3.8) is 0 Å². The Kier molecular flexibility index (Phi) is 6.03. The fraction of sp³-hybridized carbons (Fsp3) is 0.250. The molecule has 6 heteroatoms. The number of rotatable bonds is 7. The first-order chi connectivity index (χ1) is 10.6. The summed E-state index contributed by atoms with van der Waals surface area (Å²) in [6.45, 7) is 0.779. The lowest BCUT2D eigenvalue weighted by molar-refractivity contribution is -0.121. The van der Waals surface area contributed by atoms with Crippen LogP contribution in [0.2, 0.25) is 5.02 Å². The lowest BCUT2D eigenvalue weighted by Gasteiger charge is -2.08. The highest BCUT2D eigenvalue weighted by Gasteiger charge is 2.04. The van der Waals surface area contributed by atoms with Crippen LogP contribution in [0.15, 0.2) is 42.6 Å². The number of nitrogen functional groups attached to an aromatic ring is 1. The van der Waals surface area contributed by atoms with Crippen LogP contribution < -0.4 is 15.8 Å². The molecule has 0 aliphatic heterocycles. The molecule has 3 N–H and O–H groups in total. The minimum absolute atomic E-state index is 0.0316. The van der Waals surface area contributed by atoms with E-state index in [0.717, 1.165) is 5.56 Å². The largest absolute Gasteiger partial charge is 0.476 e. The molecule has 0 aliphatic carbocycles. The Bertz CT molecular complexity index is 617. The summed E-state index contributed by atoms with van der Waals surface area (Å²) in [5.41, 5.74) is 7.54. The molecule has 0 spiro atoms. The topological polar surface area (TPSA) is 77.2 Å². The SMILES string of the molecule is Nc1ccccc1CCC(=O)NCCOc1ccc(Cl)cn1. The number of anilines is 1. The van der Waals surface area contributed by atoms with E-state index >= 15 is 0 Å². The van der Waals surface area contributed by atoms with Crippen molar-refractivity contribution in [1.29, 1.82) is 0 Å². The predicted molar refractivity (Wildman–Crippen MR) is 86.9 cm³/mol. The molecule has 1 heterocycles. The van der Waals surface area contributed by atoms with Crippen molar-refractivity contribution in [2.75, 3.05) is 18.9 Å². The van der Waals surface area contributed by atoms with Crippen molar-refractivity contribution in [3.05, 3.63) is 53.2 Å². The molecule has 0 saturated carbocycles. The Morgan fingerprint density at radius 2 is 2.09 bits per heavy atom. The fourth-order valence-corrected chi connectivity index (χ4v) is 2.00. The van der Waals surface area contributed by atoms with Gasteiger partial charge in [0.25, 0.3) is 0 Å². The molecule has 116 valence electrons. The molecular formula is C16H18ClN3O2. The molecule has 0 atom stereocenters. The molecule has 5 nitrogen and oxygen atoms in total. The van der Waals surface area contributed by atoms with Crippen LogP contribution in [0, 0.1) is 0 Å². The number of nitrogens with one attached hydrogen (secondary N) is 1. The molecule has 0 bridgehead atoms. The number of carbonyl (C=O) groups excluding carboxylic acids is 1. The van der Waals surface area contributed by atoms with E-state index < -0.39 is 0 Å². The van der Waals surface area contributed by atoms with Gasteiger partial charge >= 0.3 is 0 Å². The number of aromatic nitrogens is 1. The number of aryl methyl sites for hydroxylation is 1. The third kappa shape index (κ3) is 5.26. The van der Waals surface area contributed by atoms with Gasteiger partial charge in [-0.25, -0.2) is 4.98 Å². The van der Waals surface area contributed by atoms with Crippen molar-refractivity contribution >= 4 is 23.2 Å². The standard InChI is InChI=1S/C16H18ClN3O2/c17-13-6-8-16(20-11-13)22-10-9-19-15(21)7-5-12-3-1-2-4-14(12)18/h1-4,6,8,11H,5,7,9-10,18H2,(H,19,21). The molecule has 0 fully saturated rings. The number of ether oxygens (including phenoxy) is 1. The Morgan fingerprint density at radius 1 is 1.27 bits per heavy atom. The summed E-state index contributed by atoms with van der Waals surface area (Å²) in [6.07, 6.45) is 2.53. The summed E-state index contributed by atoms with van der Waals surface area (Å²) >= 11 is 5.73. The van der Waals surface area contributed by atoms with Crippen LogP contribution in [0.4, 0.5) is 5.69 Å². The number of nitrogens with zero attached hydrogens (tertiary/aromatic N) is 1. The molecule has 0 saturated heterocycles. The van der Waals surface area contributed by atoms with Gasteiger partial charge in [-0.1, -0.05) is 29.8 Å². The monoisotopic (exact) mass is 319 g/mol. The third-order valence-corrected chi connectivity index (χ3v) is 3.27. The molecule has 0 radical (unpaired) electrons. The number of carbonyl (C=O) groups is 1. The number of para-hydroxylation sites is 1. The number of amides is 1. The third-order valence-electron chi connectivity index (χ3n) is 3.05. The van der Waals surface area contributed by atoms with Crippen molar-refractivity contribution in [2.24, 2.45) is 0 Å². The van der Waals surface area contributed by atoms with Gasteiger partial charge in [-0.05, 0) is 24.1 Å². The highest BCUT2D eigenvalue weighted by Crippen LogP contribution is 2.12. The van der Waals surface area contributed by atoms with Crippen LogP contribution >= 0.6 is 11.6 Å². The Balaban J connectivity index is 1.64. The first-order valence-electron chi connectivity index (χ1n) is 6.99. The molecule has 1 aromatic carbocycles. The summed E-state index contributed by atoms with van der Waals surface area (Å²) in [6, 6.07) is 10.9. The molecule has 22 heavy (non-hydrogen) atoms. The van der Waals surface area contributed by atoms with Crippen LogP contribution in [-0.4, -0.2) is 24.0 Å². The Labute approximate surface area is 134 Å². The maximum atomic E-state index is 11.7. The number of halogens is 1. The van der Waals surface area contributed by atoms with Crippen LogP contribution in [0.1, 0.15) is 12.0 Å². The van der Waals surface area contributed by atoms with Gasteiger partial charge in [0.05, 0.1) is 11.6 Å². The van der Waals surface area contributed by atoms with Gasteiger partial charge in [-0.15, -0.1) is 0 Å². The summed E-state index contributed by atoms with van der Waals surface area (Å²) < 4.78 is 5.39. The quantitative estimate of drug-likeness (QED) is 0.607. The molecule has 2 aromatic rings. The van der Waals surface area contributed by atoms with E-state index in [4.69, 9.17) is 22.1 Å². The average molecular weight is 320 g/mol. The summed E-state index contributed by atoms with van der Waals surface area (Å²) in [7, 11) is 0. The summed E-state index contributed by atoms with van der Waals surface area (Å²) in [5.74, 6) is 0.451. The number of hydrogen-bond donors (Lipinski definition) is 2. The zero-order chi connectivity index (χ0) is 15.8. The lowest BCUT2D eigenvalue weighted by atomic mass is 10.1. The van der Waals surface area contributed by atoms with Crippen molar-refractivity contribution < 1.29 is 9.53 Å². The molecule has 0 unspecified atom stereocenters. The zero-order valence-electron chi connectivity index (χ0n) is 12.1. The van der Waals surface area contributed by atoms with Gasteiger partial charge in [0, 0.05) is 24.4 Å². The lowest BCUT2D eigenvalue weighted by Crippen LogP contribution is -2.28. The maximum Gasteiger partial charge on any atom is 0.220 e. The van der Waals surface area contributed by atoms with E-state index in [1.54, 1.807) is 12.1 Å². The van der Waals surface area contributed by atoms with E-state index in [2.05, 4.69) is 10.3 Å². The number of hydrogen-bond acceptors (Lipinski definition) is 4. The van der Waals surface area contributed by atoms with E-state index in [1.807, 2.05) is 24.3 Å². The van der Waals surface area contributed by atoms with Crippen LogP contribution in [0.25, 0.3) is 0 Å². The average Bonchev–Trinajstić information content (AvgIpc) is 2.52. The first kappa shape index (κ1) is 16.1. The van der Waals surface area contributed by atoms with E-state index in [1.165, 1.54) is 6.20 Å². The predicted octanol–water partition coefficient (Wildman–Crippen LogP) is 2.45. The normalized spacial score (nSPS) is 10.2. The minimum atomic E-state index is -0.0316. The molecule has 1 aromatic heterocycles. The van der Waals surface area contributed by atoms with Crippen LogP contribution in [-0.2, 0) is 11.2 Å². The Hall–Kier alpha value is -2.27. The van der Waals surface area contributed by atoms with Gasteiger partial charge < -0.3 is 15.8 Å². The molecular weight excluding hydrogens is 302 g/mol.